The number of hydrogen-bond acceptors (Lipinski definition) is 7. The van der Waals surface area contributed by atoms with Gasteiger partial charge in [0.15, 0.2) is 21.2 Å². The van der Waals surface area contributed by atoms with Gasteiger partial charge in [-0.1, -0.05) is 11.6 Å². The summed E-state index contributed by atoms with van der Waals surface area (Å²) in [4.78, 5) is 49.0. The molecule has 3 fully saturated rings. The van der Waals surface area contributed by atoms with Crippen molar-refractivity contribution in [1.29, 1.82) is 0 Å². The molecule has 0 aromatic heterocycles. The Kier molecular flexibility index (Phi) is 5.16. The highest BCUT2D eigenvalue weighted by atomic mass is 79.9. The number of likely N-dealkylation sites (tertiary alicyclic amines) is 1. The van der Waals surface area contributed by atoms with E-state index in [9.17, 15) is 29.5 Å². The maximum atomic E-state index is 13.4. The van der Waals surface area contributed by atoms with Gasteiger partial charge in [0.05, 0.1) is 23.4 Å². The highest BCUT2D eigenvalue weighted by molar-refractivity contribution is 9.10. The van der Waals surface area contributed by atoms with Gasteiger partial charge in [-0.25, -0.2) is 0 Å². The van der Waals surface area contributed by atoms with Crippen LogP contribution in [0.1, 0.15) is 24.3 Å². The number of amides is 4. The average Bonchev–Trinajstić information content (AvgIpc) is 3.10. The monoisotopic (exact) mass is 572 g/mol. The van der Waals surface area contributed by atoms with E-state index < -0.39 is 57.0 Å². The average molecular weight is 574 g/mol. The van der Waals surface area contributed by atoms with Gasteiger partial charge in [0.2, 0.25) is 0 Å². The quantitative estimate of drug-likeness (QED) is 0.241. The van der Waals surface area contributed by atoms with Crippen molar-refractivity contribution in [3.8, 4) is 11.5 Å². The first-order valence-electron chi connectivity index (χ1n) is 10.4. The summed E-state index contributed by atoms with van der Waals surface area (Å²) in [6.45, 7) is 0. The van der Waals surface area contributed by atoms with Gasteiger partial charge in [-0.05, 0) is 52.4 Å². The number of fused-ring (bicyclic) bond motifs is 4. The van der Waals surface area contributed by atoms with Gasteiger partial charge in [-0.15, -0.1) is 23.2 Å². The number of halogens is 3. The van der Waals surface area contributed by atoms with Crippen LogP contribution in [0.5, 0.6) is 11.5 Å². The van der Waals surface area contributed by atoms with Gasteiger partial charge in [0.1, 0.15) is 0 Å². The smallest absolute Gasteiger partial charge is 0.257 e. The van der Waals surface area contributed by atoms with Crippen LogP contribution in [0.3, 0.4) is 0 Å². The fourth-order valence-electron chi connectivity index (χ4n) is 6.02. The molecule has 6 unspecified atom stereocenters. The molecule has 9 nitrogen and oxygen atoms in total. The Labute approximate surface area is 212 Å². The van der Waals surface area contributed by atoms with Gasteiger partial charge in [-0.3, -0.25) is 29.3 Å². The topological polar surface area (TPSA) is 124 Å². The lowest BCUT2D eigenvalue weighted by Crippen LogP contribution is -2.60. The molecule has 1 aromatic rings. The largest absolute Gasteiger partial charge is 0.503 e. The van der Waals surface area contributed by atoms with Crippen LogP contribution < -0.4 is 4.74 Å². The summed E-state index contributed by atoms with van der Waals surface area (Å²) in [5.74, 6) is -6.44. The van der Waals surface area contributed by atoms with E-state index in [2.05, 4.69) is 15.9 Å². The molecule has 6 atom stereocenters. The minimum Gasteiger partial charge on any atom is -0.503 e. The molecule has 4 amide bonds. The summed E-state index contributed by atoms with van der Waals surface area (Å²) >= 11 is 17.3. The van der Waals surface area contributed by atoms with E-state index in [1.165, 1.54) is 20.2 Å². The summed E-state index contributed by atoms with van der Waals surface area (Å²) < 4.78 is 5.53. The van der Waals surface area contributed by atoms with Crippen molar-refractivity contribution in [1.82, 2.24) is 9.96 Å². The van der Waals surface area contributed by atoms with E-state index in [0.29, 0.717) is 11.1 Å². The van der Waals surface area contributed by atoms with Gasteiger partial charge >= 0.3 is 0 Å². The molecule has 180 valence electrons. The normalized spacial score (nSPS) is 36.9. The molecule has 1 aromatic carbocycles. The molecule has 2 aliphatic heterocycles. The molecular weight excluding hydrogens is 555 g/mol. The van der Waals surface area contributed by atoms with E-state index in [4.69, 9.17) is 27.9 Å². The predicted octanol–water partition coefficient (Wildman–Crippen LogP) is 2.54. The van der Waals surface area contributed by atoms with E-state index in [1.807, 2.05) is 0 Å². The fraction of sp³-hybridized carbons (Fsp3) is 0.455. The van der Waals surface area contributed by atoms with Crippen molar-refractivity contribution in [2.45, 2.75) is 28.5 Å². The third-order valence-electron chi connectivity index (χ3n) is 7.60. The third-order valence-corrected chi connectivity index (χ3v) is 9.61. The first-order valence-corrected chi connectivity index (χ1v) is 12.0. The molecule has 5 rings (SSSR count). The summed E-state index contributed by atoms with van der Waals surface area (Å²) in [6.07, 6.45) is 1.72. The van der Waals surface area contributed by atoms with Crippen molar-refractivity contribution < 1.29 is 34.2 Å². The number of nitrogens with zero attached hydrogens (tertiary/aromatic N) is 2. The maximum absolute atomic E-state index is 13.4. The molecule has 0 bridgehead atoms. The number of ether oxygens (including phenoxy) is 1. The van der Waals surface area contributed by atoms with Crippen LogP contribution in [0.2, 0.25) is 0 Å². The summed E-state index contributed by atoms with van der Waals surface area (Å²) in [7, 11) is 2.65. The zero-order valence-corrected chi connectivity index (χ0v) is 21.0. The summed E-state index contributed by atoms with van der Waals surface area (Å²) in [5.41, 5.74) is 0.991. The number of hydrogen-bond donors (Lipinski definition) is 2. The second-order valence-corrected chi connectivity index (χ2v) is 11.1. The second-order valence-electron chi connectivity index (χ2n) is 9.04. The predicted molar refractivity (Wildman–Crippen MR) is 121 cm³/mol. The highest BCUT2D eigenvalue weighted by Crippen LogP contribution is 2.65. The van der Waals surface area contributed by atoms with Crippen molar-refractivity contribution in [3.05, 3.63) is 33.8 Å². The third kappa shape index (κ3) is 2.65. The minimum atomic E-state index is -1.94. The number of allylic oxidation sites excluding steroid dienone is 2. The maximum Gasteiger partial charge on any atom is 0.257 e. The van der Waals surface area contributed by atoms with Crippen LogP contribution in [0.15, 0.2) is 28.3 Å². The number of carbonyl (C=O) groups excluding carboxylic acids is 4. The first-order chi connectivity index (χ1) is 15.9. The van der Waals surface area contributed by atoms with Gasteiger partial charge in [-0.2, -0.15) is 5.06 Å². The molecule has 2 aliphatic carbocycles. The van der Waals surface area contributed by atoms with Crippen molar-refractivity contribution >= 4 is 62.8 Å². The van der Waals surface area contributed by atoms with Crippen molar-refractivity contribution in [2.24, 2.45) is 17.8 Å². The molecule has 0 radical (unpaired) electrons. The molecule has 34 heavy (non-hydrogen) atoms. The van der Waals surface area contributed by atoms with Gasteiger partial charge in [0.25, 0.3) is 23.6 Å². The Morgan fingerprint density at radius 3 is 2.44 bits per heavy atom. The van der Waals surface area contributed by atoms with Gasteiger partial charge in [0, 0.05) is 13.0 Å². The molecule has 2 heterocycles. The minimum absolute atomic E-state index is 0.0972. The Morgan fingerprint density at radius 1 is 1.12 bits per heavy atom. The number of phenols is 1. The lowest BCUT2D eigenvalue weighted by atomic mass is 9.56. The van der Waals surface area contributed by atoms with Crippen LogP contribution in [0.4, 0.5) is 0 Å². The van der Waals surface area contributed by atoms with E-state index in [-0.39, 0.29) is 33.9 Å². The molecule has 2 N–H and O–H groups in total. The Balaban J connectivity index is 1.78. The second kappa shape index (κ2) is 7.43. The van der Waals surface area contributed by atoms with Crippen LogP contribution in [-0.4, -0.2) is 67.8 Å². The van der Waals surface area contributed by atoms with Crippen molar-refractivity contribution in [3.63, 3.8) is 0 Å². The molecule has 0 spiro atoms. The number of methoxy groups -OCH3 is 1. The number of aromatic hydroxyl groups is 1. The molecule has 2 saturated heterocycles. The molecular formula is C22H19BrCl2N2O7. The van der Waals surface area contributed by atoms with E-state index >= 15 is 0 Å². The molecule has 12 heteroatoms. The number of phenolic OH excluding ortho intramolecular Hbond substituents is 1. The SMILES string of the molecule is COc1cc(C2C3=CCC4C(=O)N(O)C(=O)C4C3CC3(Cl)C(=O)N(C)C(=O)C23Cl)cc(Br)c1O. The Hall–Kier alpha value is -2.14. The van der Waals surface area contributed by atoms with Crippen LogP contribution in [0.25, 0.3) is 0 Å². The zero-order valence-electron chi connectivity index (χ0n) is 17.9. The van der Waals surface area contributed by atoms with E-state index in [1.54, 1.807) is 12.1 Å². The van der Waals surface area contributed by atoms with Crippen LogP contribution in [-0.2, 0) is 19.2 Å². The van der Waals surface area contributed by atoms with Gasteiger partial charge < -0.3 is 9.84 Å². The number of alkyl halides is 2. The van der Waals surface area contributed by atoms with E-state index in [0.717, 1.165) is 4.90 Å². The summed E-state index contributed by atoms with van der Waals surface area (Å²) in [6, 6.07) is 3.05. The number of imide groups is 2. The Morgan fingerprint density at radius 2 is 1.79 bits per heavy atom. The Bertz CT molecular complexity index is 1220. The number of rotatable bonds is 2. The lowest BCUT2D eigenvalue weighted by Gasteiger charge is -2.50. The first kappa shape index (κ1) is 23.6. The number of hydroxylamine groups is 2. The zero-order chi connectivity index (χ0) is 24.9. The standard InChI is InChI=1S/C22H19BrCl2N2O7/c1-26-19(31)21(24)7-11-9(3-4-10-14(11)18(30)27(33)17(10)29)15(22(21,25)20(26)32)8-5-12(23)16(28)13(6-8)34-2/h3,5-6,10-11,14-15,28,33H,4,7H2,1-2H3. The molecule has 4 aliphatic rings. The fourth-order valence-corrected chi connectivity index (χ4v) is 7.50. The van der Waals surface area contributed by atoms with Crippen LogP contribution in [0, 0.1) is 17.8 Å². The molecule has 1 saturated carbocycles. The van der Waals surface area contributed by atoms with Crippen LogP contribution >= 0.6 is 39.1 Å². The lowest BCUT2D eigenvalue weighted by molar-refractivity contribution is -0.173. The van der Waals surface area contributed by atoms with Crippen molar-refractivity contribution in [2.75, 3.05) is 14.2 Å². The number of benzene rings is 1. The number of carbonyl (C=O) groups is 4. The highest BCUT2D eigenvalue weighted by Gasteiger charge is 2.75. The summed E-state index contributed by atoms with van der Waals surface area (Å²) in [5, 5.41) is 20.5.